The number of aromatic amines is 1. The standard InChI is InChI=1S/C30H41N3O5/c1-19-10-9-15-33(19,27(36)37-6)25(34)30(5,17-20-18-31-23-12-8-7-11-22(20)23)32-26(35)38-24-16-21-13-14-29(24,4)28(21,2)3/h7-8,11-12,18-19,21,24,31H,9-10,13-17H2,1-6H3/p+1/t19-,21?,24?,29?,30-,33?/m1/s1. The number of para-hydroxylation sites is 1. The Kier molecular flexibility index (Phi) is 6.41. The molecule has 4 unspecified atom stereocenters. The Morgan fingerprint density at radius 2 is 1.92 bits per heavy atom. The third-order valence-corrected chi connectivity index (χ3v) is 10.8. The van der Waals surface area contributed by atoms with Gasteiger partial charge in [0.25, 0.3) is 0 Å². The van der Waals surface area contributed by atoms with Gasteiger partial charge in [-0.3, -0.25) is 0 Å². The zero-order chi connectivity index (χ0) is 27.5. The number of likely N-dealkylation sites (tertiary alicyclic amines) is 1. The Bertz CT molecular complexity index is 1270. The molecule has 2 heterocycles. The molecular formula is C30H42N3O5+. The zero-order valence-electron chi connectivity index (χ0n) is 23.6. The molecule has 2 aliphatic carbocycles. The molecule has 0 radical (unpaired) electrons. The lowest BCUT2D eigenvalue weighted by atomic mass is 9.70. The highest BCUT2D eigenvalue weighted by Gasteiger charge is 2.64. The van der Waals surface area contributed by atoms with Gasteiger partial charge in [-0.2, -0.15) is 9.28 Å². The van der Waals surface area contributed by atoms with Gasteiger partial charge in [-0.25, -0.2) is 9.59 Å². The van der Waals surface area contributed by atoms with Crippen molar-refractivity contribution in [2.45, 2.75) is 90.8 Å². The van der Waals surface area contributed by atoms with Gasteiger partial charge in [0, 0.05) is 41.8 Å². The number of ether oxygens (including phenoxy) is 2. The predicted octanol–water partition coefficient (Wildman–Crippen LogP) is 5.70. The van der Waals surface area contributed by atoms with Crippen LogP contribution in [-0.2, 0) is 20.7 Å². The fourth-order valence-electron chi connectivity index (χ4n) is 7.86. The number of amides is 3. The number of fused-ring (bicyclic) bond motifs is 3. The molecule has 2 aromatic rings. The number of imide groups is 1. The smallest absolute Gasteiger partial charge is 0.446 e. The van der Waals surface area contributed by atoms with Gasteiger partial charge in [-0.1, -0.05) is 39.0 Å². The molecule has 38 heavy (non-hydrogen) atoms. The number of carbonyl (C=O) groups is 3. The minimum atomic E-state index is -1.40. The highest BCUT2D eigenvalue weighted by molar-refractivity contribution is 5.92. The molecule has 3 amide bonds. The maximum Gasteiger partial charge on any atom is 0.523 e. The quantitative estimate of drug-likeness (QED) is 0.489. The van der Waals surface area contributed by atoms with Crippen molar-refractivity contribution in [3.8, 4) is 0 Å². The van der Waals surface area contributed by atoms with E-state index in [0.29, 0.717) is 12.5 Å². The Hall–Kier alpha value is -2.87. The second-order valence-electron chi connectivity index (χ2n) is 12.9. The first-order chi connectivity index (χ1) is 17.9. The number of quaternary nitrogens is 1. The van der Waals surface area contributed by atoms with E-state index in [2.05, 4.69) is 31.1 Å². The molecular weight excluding hydrogens is 482 g/mol. The molecule has 1 aliphatic heterocycles. The van der Waals surface area contributed by atoms with Crippen LogP contribution in [0.1, 0.15) is 72.3 Å². The SMILES string of the molecule is COC(=O)[N+]1(C(=O)[C@@](C)(Cc2c[nH]c3ccccc23)NC(=O)OC2CC3CCC2(C)C3(C)C)CCC[C@H]1C. The van der Waals surface area contributed by atoms with Crippen LogP contribution in [0.4, 0.5) is 9.59 Å². The average Bonchev–Trinajstić information content (AvgIpc) is 3.57. The van der Waals surface area contributed by atoms with E-state index in [9.17, 15) is 14.4 Å². The fraction of sp³-hybridized carbons (Fsp3) is 0.633. The van der Waals surface area contributed by atoms with E-state index in [-0.39, 0.29) is 35.3 Å². The van der Waals surface area contributed by atoms with E-state index in [4.69, 9.17) is 9.47 Å². The minimum Gasteiger partial charge on any atom is -0.446 e. The number of hydrogen-bond acceptors (Lipinski definition) is 5. The molecule has 8 heteroatoms. The average molecular weight is 525 g/mol. The topological polar surface area (TPSA) is 97.5 Å². The summed E-state index contributed by atoms with van der Waals surface area (Å²) in [7, 11) is 1.32. The van der Waals surface area contributed by atoms with Crippen LogP contribution in [0.2, 0.25) is 0 Å². The van der Waals surface area contributed by atoms with E-state index in [1.807, 2.05) is 37.4 Å². The van der Waals surface area contributed by atoms with E-state index in [0.717, 1.165) is 48.6 Å². The molecule has 2 bridgehead atoms. The van der Waals surface area contributed by atoms with E-state index < -0.39 is 22.2 Å². The fourth-order valence-corrected chi connectivity index (χ4v) is 7.86. The minimum absolute atomic E-state index is 0.0895. The second kappa shape index (κ2) is 9.11. The van der Waals surface area contributed by atoms with Crippen molar-refractivity contribution in [2.24, 2.45) is 16.7 Å². The molecule has 2 N–H and O–H groups in total. The first-order valence-corrected chi connectivity index (χ1v) is 13.9. The Morgan fingerprint density at radius 1 is 1.18 bits per heavy atom. The summed E-state index contributed by atoms with van der Waals surface area (Å²) >= 11 is 0. The summed E-state index contributed by atoms with van der Waals surface area (Å²) in [6, 6.07) is 7.61. The molecule has 6 atom stereocenters. The predicted molar refractivity (Wildman–Crippen MR) is 144 cm³/mol. The van der Waals surface area contributed by atoms with Crippen LogP contribution in [0, 0.1) is 16.7 Å². The maximum absolute atomic E-state index is 14.5. The lowest BCUT2D eigenvalue weighted by Crippen LogP contribution is -2.70. The molecule has 206 valence electrons. The van der Waals surface area contributed by atoms with Crippen molar-refractivity contribution in [3.05, 3.63) is 36.0 Å². The molecule has 0 spiro atoms. The summed E-state index contributed by atoms with van der Waals surface area (Å²) in [5, 5.41) is 3.96. The summed E-state index contributed by atoms with van der Waals surface area (Å²) in [5.74, 6) is 0.152. The van der Waals surface area contributed by atoms with Crippen molar-refractivity contribution in [2.75, 3.05) is 13.7 Å². The number of carbonyl (C=O) groups excluding carboxylic acids is 3. The van der Waals surface area contributed by atoms with Crippen molar-refractivity contribution in [1.82, 2.24) is 10.3 Å². The van der Waals surface area contributed by atoms with Gasteiger partial charge in [-0.05, 0) is 56.1 Å². The molecule has 3 aliphatic rings. The maximum atomic E-state index is 14.5. The third-order valence-electron chi connectivity index (χ3n) is 10.8. The van der Waals surface area contributed by atoms with Crippen molar-refractivity contribution in [3.63, 3.8) is 0 Å². The van der Waals surface area contributed by atoms with Crippen LogP contribution >= 0.6 is 0 Å². The van der Waals surface area contributed by atoms with Gasteiger partial charge in [-0.15, -0.1) is 0 Å². The number of alkyl carbamates (subject to hydrolysis) is 1. The summed E-state index contributed by atoms with van der Waals surface area (Å²) in [5.41, 5.74) is 0.424. The summed E-state index contributed by atoms with van der Waals surface area (Å²) in [4.78, 5) is 44.5. The molecule has 1 aromatic carbocycles. The van der Waals surface area contributed by atoms with Gasteiger partial charge in [0.05, 0.1) is 13.7 Å². The van der Waals surface area contributed by atoms with Crippen LogP contribution in [0.3, 0.4) is 0 Å². The highest BCUT2D eigenvalue weighted by Crippen LogP contribution is 2.66. The number of aromatic nitrogens is 1. The number of methoxy groups -OCH3 is 1. The third kappa shape index (κ3) is 3.78. The van der Waals surface area contributed by atoms with Crippen molar-refractivity contribution >= 4 is 29.0 Å². The lowest BCUT2D eigenvalue weighted by Gasteiger charge is -2.40. The first kappa shape index (κ1) is 26.7. The number of rotatable bonds is 5. The van der Waals surface area contributed by atoms with Crippen LogP contribution in [0.5, 0.6) is 0 Å². The largest absolute Gasteiger partial charge is 0.523 e. The van der Waals surface area contributed by atoms with Crippen LogP contribution in [0.25, 0.3) is 10.9 Å². The first-order valence-electron chi connectivity index (χ1n) is 13.9. The van der Waals surface area contributed by atoms with Gasteiger partial charge < -0.3 is 19.8 Å². The molecule has 2 saturated carbocycles. The number of hydrogen-bond donors (Lipinski definition) is 2. The van der Waals surface area contributed by atoms with Crippen molar-refractivity contribution in [1.29, 1.82) is 0 Å². The van der Waals surface area contributed by atoms with Gasteiger partial charge in [0.2, 0.25) is 0 Å². The number of H-pyrrole nitrogens is 1. The van der Waals surface area contributed by atoms with E-state index >= 15 is 0 Å². The summed E-state index contributed by atoms with van der Waals surface area (Å²) in [6.07, 6.45) is 5.16. The normalized spacial score (nSPS) is 33.2. The van der Waals surface area contributed by atoms with Gasteiger partial charge in [0.15, 0.2) is 5.54 Å². The Morgan fingerprint density at radius 3 is 2.53 bits per heavy atom. The lowest BCUT2D eigenvalue weighted by molar-refractivity contribution is -0.794. The zero-order valence-corrected chi connectivity index (χ0v) is 23.6. The molecule has 5 rings (SSSR count). The Balaban J connectivity index is 1.48. The van der Waals surface area contributed by atoms with E-state index in [1.54, 1.807) is 6.92 Å². The molecule has 8 nitrogen and oxygen atoms in total. The van der Waals surface area contributed by atoms with Crippen molar-refractivity contribution < 1.29 is 28.3 Å². The van der Waals surface area contributed by atoms with Crippen LogP contribution in [0.15, 0.2) is 30.5 Å². The second-order valence-corrected chi connectivity index (χ2v) is 12.9. The summed E-state index contributed by atoms with van der Waals surface area (Å²) in [6.45, 7) is 10.7. The van der Waals surface area contributed by atoms with Gasteiger partial charge in [0.1, 0.15) is 12.1 Å². The highest BCUT2D eigenvalue weighted by atomic mass is 16.6. The molecule has 1 saturated heterocycles. The van der Waals surface area contributed by atoms with Gasteiger partial charge >= 0.3 is 18.1 Å². The number of nitrogens with zero attached hydrogens (tertiary/aromatic N) is 1. The van der Waals surface area contributed by atoms with Crippen LogP contribution < -0.4 is 5.32 Å². The van der Waals surface area contributed by atoms with Crippen LogP contribution in [-0.4, -0.2) is 58.9 Å². The molecule has 1 aromatic heterocycles. The number of nitrogens with one attached hydrogen (secondary N) is 2. The van der Waals surface area contributed by atoms with E-state index in [1.165, 1.54) is 7.11 Å². The summed E-state index contributed by atoms with van der Waals surface area (Å²) < 4.78 is 10.8. The Labute approximate surface area is 225 Å². The monoisotopic (exact) mass is 524 g/mol. The molecule has 3 fully saturated rings. The number of benzene rings is 1.